The molecule has 3 heterocycles. The smallest absolute Gasteiger partial charge is 0.329 e. The molecule has 1 aromatic rings. The molecule has 0 aliphatic carbocycles. The number of nitrogens with one attached hydrogen (secondary N) is 1. The second-order valence-electron chi connectivity index (χ2n) is 10.3. The number of hydrogen-bond acceptors (Lipinski definition) is 12. The van der Waals surface area contributed by atoms with Crippen LogP contribution in [0.3, 0.4) is 0 Å². The Hall–Kier alpha value is -4.08. The Balaban J connectivity index is 1.93. The molecule has 6 atom stereocenters. The Bertz CT molecular complexity index is 1210. The number of ether oxygens (including phenoxy) is 4. The Morgan fingerprint density at radius 2 is 1.60 bits per heavy atom. The van der Waals surface area contributed by atoms with E-state index in [1.807, 2.05) is 0 Å². The first-order valence-corrected chi connectivity index (χ1v) is 12.4. The van der Waals surface area contributed by atoms with Gasteiger partial charge < -0.3 is 34.3 Å². The maximum atomic E-state index is 13.2. The minimum Gasteiger partial charge on any atom is -0.480 e. The summed E-state index contributed by atoms with van der Waals surface area (Å²) in [4.78, 5) is 73.5. The Labute approximate surface area is 229 Å². The highest BCUT2D eigenvalue weighted by Gasteiger charge is 2.59. The van der Waals surface area contributed by atoms with Crippen LogP contribution in [0.2, 0.25) is 0 Å². The van der Waals surface area contributed by atoms with Gasteiger partial charge in [-0.1, -0.05) is 5.21 Å². The molecule has 2 aliphatic rings. The monoisotopic (exact) mass is 567 g/mol. The Kier molecular flexibility index (Phi) is 8.52. The summed E-state index contributed by atoms with van der Waals surface area (Å²) in [6, 6.07) is 0. The highest BCUT2D eigenvalue weighted by Crippen LogP contribution is 2.36. The molecule has 2 fully saturated rings. The van der Waals surface area contributed by atoms with Crippen LogP contribution in [0.4, 0.5) is 0 Å². The van der Waals surface area contributed by atoms with E-state index in [0.717, 1.165) is 18.7 Å². The zero-order valence-corrected chi connectivity index (χ0v) is 23.2. The van der Waals surface area contributed by atoms with E-state index in [4.69, 9.17) is 18.9 Å². The third-order valence-electron chi connectivity index (χ3n) is 6.65. The number of nitrogens with zero attached hydrogens (tertiary/aromatic N) is 4. The van der Waals surface area contributed by atoms with Gasteiger partial charge in [0.15, 0.2) is 24.5 Å². The highest BCUT2D eigenvalue weighted by molar-refractivity contribution is 6.00. The first-order valence-electron chi connectivity index (χ1n) is 12.4. The summed E-state index contributed by atoms with van der Waals surface area (Å²) < 4.78 is 23.3. The van der Waals surface area contributed by atoms with E-state index < -0.39 is 77.4 Å². The Morgan fingerprint density at radius 1 is 1.05 bits per heavy atom. The number of β-lactam (4-membered cyclic amide) rings is 1. The zero-order chi connectivity index (χ0) is 30.2. The lowest BCUT2D eigenvalue weighted by atomic mass is 9.80. The van der Waals surface area contributed by atoms with Crippen LogP contribution < -0.4 is 5.32 Å². The van der Waals surface area contributed by atoms with Gasteiger partial charge in [0.1, 0.15) is 11.1 Å². The maximum absolute atomic E-state index is 13.2. The van der Waals surface area contributed by atoms with Gasteiger partial charge in [0.25, 0.3) is 5.91 Å². The molecule has 0 aromatic carbocycles. The van der Waals surface area contributed by atoms with Crippen molar-refractivity contribution in [2.75, 3.05) is 6.54 Å². The van der Waals surface area contributed by atoms with E-state index in [2.05, 4.69) is 15.6 Å². The van der Waals surface area contributed by atoms with Gasteiger partial charge in [0, 0.05) is 34.1 Å². The second kappa shape index (κ2) is 11.2. The van der Waals surface area contributed by atoms with E-state index in [1.165, 1.54) is 38.6 Å². The topological polar surface area (TPSA) is 206 Å². The average Bonchev–Trinajstić information content (AvgIpc) is 3.27. The van der Waals surface area contributed by atoms with E-state index >= 15 is 0 Å². The molecular weight excluding hydrogens is 534 g/mol. The maximum Gasteiger partial charge on any atom is 0.329 e. The van der Waals surface area contributed by atoms with Crippen LogP contribution in [0.1, 0.15) is 60.4 Å². The van der Waals surface area contributed by atoms with Gasteiger partial charge in [-0.05, 0) is 20.8 Å². The fourth-order valence-electron chi connectivity index (χ4n) is 4.78. The fraction of sp³-hybridized carbons (Fsp3) is 0.667. The molecule has 0 spiro atoms. The van der Waals surface area contributed by atoms with Gasteiger partial charge in [-0.3, -0.25) is 24.0 Å². The molecule has 1 aromatic heterocycles. The van der Waals surface area contributed by atoms with E-state index in [0.29, 0.717) is 0 Å². The molecule has 2 aliphatic heterocycles. The highest BCUT2D eigenvalue weighted by atomic mass is 16.7. The quantitative estimate of drug-likeness (QED) is 0.211. The minimum absolute atomic E-state index is 0.0940. The summed E-state index contributed by atoms with van der Waals surface area (Å²) in [5, 5.41) is 20.2. The van der Waals surface area contributed by atoms with Gasteiger partial charge in [-0.25, -0.2) is 9.48 Å². The lowest BCUT2D eigenvalue weighted by Gasteiger charge is -2.53. The molecule has 3 rings (SSSR count). The van der Waals surface area contributed by atoms with Crippen molar-refractivity contribution in [3.63, 3.8) is 0 Å². The molecule has 0 unspecified atom stereocenters. The van der Waals surface area contributed by atoms with Crippen molar-refractivity contribution in [3.05, 3.63) is 11.9 Å². The number of carbonyl (C=O) groups excluding carboxylic acids is 5. The molecule has 0 saturated carbocycles. The Morgan fingerprint density at radius 3 is 2.10 bits per heavy atom. The van der Waals surface area contributed by atoms with Crippen LogP contribution in [-0.2, 0) is 54.1 Å². The summed E-state index contributed by atoms with van der Waals surface area (Å²) in [5.74, 6) is -4.45. The number of amides is 2. The van der Waals surface area contributed by atoms with Crippen molar-refractivity contribution in [1.82, 2.24) is 25.2 Å². The van der Waals surface area contributed by atoms with Gasteiger partial charge in [0.2, 0.25) is 5.91 Å². The van der Waals surface area contributed by atoms with Crippen LogP contribution in [0.15, 0.2) is 6.20 Å². The molecule has 0 radical (unpaired) electrons. The first-order chi connectivity index (χ1) is 18.5. The minimum atomic E-state index is -1.51. The standard InChI is InChI=1S/C24H33N5O11/c1-11-17(38-13(3)31)18(39-14(4)32)19(40-15(5)33)20(37-11)29-9-16(26-27-29)8-24(25-12(2)30)10-28(21(24)34)23(6,7)22(35)36/h9,11,17-20H,8,10H2,1-7H3,(H,25,30)(H,35,36)/t11-,17+,18+,19-,20-,24+/m0/s1. The summed E-state index contributed by atoms with van der Waals surface area (Å²) in [6.07, 6.45) is -4.44. The fourth-order valence-corrected chi connectivity index (χ4v) is 4.78. The zero-order valence-electron chi connectivity index (χ0n) is 23.2. The van der Waals surface area contributed by atoms with Crippen molar-refractivity contribution in [1.29, 1.82) is 0 Å². The van der Waals surface area contributed by atoms with Crippen LogP contribution in [-0.4, -0.2) is 103 Å². The summed E-state index contributed by atoms with van der Waals surface area (Å²) in [7, 11) is 0. The SMILES string of the molecule is CC(=O)N[C@]1(Cc2cn([C@H]3O[C@@H](C)[C@@H](OC(C)=O)[C@@H](OC(C)=O)[C@@H]3OC(C)=O)nn2)CN(C(C)(C)C(=O)O)C1=O. The van der Waals surface area contributed by atoms with Crippen LogP contribution >= 0.6 is 0 Å². The van der Waals surface area contributed by atoms with Gasteiger partial charge in [-0.15, -0.1) is 5.10 Å². The third-order valence-corrected chi connectivity index (χ3v) is 6.65. The summed E-state index contributed by atoms with van der Waals surface area (Å²) in [6.45, 7) is 8.90. The lowest BCUT2D eigenvalue weighted by molar-refractivity contribution is -0.261. The summed E-state index contributed by atoms with van der Waals surface area (Å²) >= 11 is 0. The average molecular weight is 568 g/mol. The van der Waals surface area contributed by atoms with Crippen LogP contribution in [0.25, 0.3) is 0 Å². The van der Waals surface area contributed by atoms with Crippen LogP contribution in [0, 0.1) is 0 Å². The molecule has 2 amide bonds. The van der Waals surface area contributed by atoms with Crippen molar-refractivity contribution in [2.24, 2.45) is 0 Å². The molecule has 2 saturated heterocycles. The number of esters is 3. The third kappa shape index (κ3) is 6.05. The first kappa shape index (κ1) is 30.5. The number of carbonyl (C=O) groups is 6. The van der Waals surface area contributed by atoms with E-state index in [-0.39, 0.29) is 18.7 Å². The number of hydrogen-bond donors (Lipinski definition) is 2. The van der Waals surface area contributed by atoms with Crippen LogP contribution in [0.5, 0.6) is 0 Å². The van der Waals surface area contributed by atoms with Crippen molar-refractivity contribution >= 4 is 35.7 Å². The molecule has 40 heavy (non-hydrogen) atoms. The van der Waals surface area contributed by atoms with Gasteiger partial charge in [0.05, 0.1) is 24.5 Å². The van der Waals surface area contributed by atoms with Gasteiger partial charge >= 0.3 is 23.9 Å². The summed E-state index contributed by atoms with van der Waals surface area (Å²) in [5.41, 5.74) is -2.75. The van der Waals surface area contributed by atoms with Gasteiger partial charge in [-0.2, -0.15) is 0 Å². The van der Waals surface area contributed by atoms with Crippen molar-refractivity contribution in [2.45, 2.75) is 96.6 Å². The van der Waals surface area contributed by atoms with E-state index in [9.17, 15) is 33.9 Å². The second-order valence-corrected chi connectivity index (χ2v) is 10.3. The predicted octanol–water partition coefficient (Wildman–Crippen LogP) is -0.887. The number of aliphatic carboxylic acids is 1. The predicted molar refractivity (Wildman–Crippen MR) is 130 cm³/mol. The molecular formula is C24H33N5O11. The number of carboxylic acid groups (broad SMARTS) is 1. The molecule has 2 N–H and O–H groups in total. The number of aromatic nitrogens is 3. The molecule has 16 nitrogen and oxygen atoms in total. The molecule has 16 heteroatoms. The number of likely N-dealkylation sites (tertiary alicyclic amines) is 1. The number of carboxylic acids is 1. The number of rotatable bonds is 9. The van der Waals surface area contributed by atoms with Crippen molar-refractivity contribution < 1.29 is 52.8 Å². The lowest BCUT2D eigenvalue weighted by Crippen LogP contribution is -2.79. The largest absolute Gasteiger partial charge is 0.480 e. The molecule has 220 valence electrons. The van der Waals surface area contributed by atoms with E-state index in [1.54, 1.807) is 6.92 Å². The normalized spacial score (nSPS) is 28.2. The van der Waals surface area contributed by atoms with Crippen molar-refractivity contribution in [3.8, 4) is 0 Å². The molecule has 0 bridgehead atoms.